The molecule has 192 valence electrons. The second-order valence-corrected chi connectivity index (χ2v) is 10.0. The van der Waals surface area contributed by atoms with Crippen LogP contribution in [0.4, 0.5) is 14.9 Å². The minimum absolute atomic E-state index is 0.0740. The lowest BCUT2D eigenvalue weighted by atomic mass is 10.2. The van der Waals surface area contributed by atoms with Crippen molar-refractivity contribution in [2.75, 3.05) is 31.6 Å². The molecule has 2 aromatic carbocycles. The van der Waals surface area contributed by atoms with Gasteiger partial charge in [-0.2, -0.15) is 0 Å². The molecule has 0 unspecified atom stereocenters. The smallest absolute Gasteiger partial charge is 0.322 e. The molecule has 0 bridgehead atoms. The minimum Gasteiger partial charge on any atom is -0.382 e. The fourth-order valence-corrected chi connectivity index (χ4v) is 4.56. The number of halogens is 1. The van der Waals surface area contributed by atoms with Crippen LogP contribution in [-0.4, -0.2) is 48.0 Å². The van der Waals surface area contributed by atoms with Gasteiger partial charge in [-0.05, 0) is 69.2 Å². The van der Waals surface area contributed by atoms with Gasteiger partial charge in [0.25, 0.3) is 0 Å². The van der Waals surface area contributed by atoms with E-state index in [-0.39, 0.29) is 24.3 Å². The highest BCUT2D eigenvalue weighted by molar-refractivity contribution is 7.11. The molecule has 0 aliphatic rings. The van der Waals surface area contributed by atoms with Gasteiger partial charge in [-0.3, -0.25) is 4.79 Å². The van der Waals surface area contributed by atoms with Gasteiger partial charge in [0.1, 0.15) is 12.4 Å². The zero-order valence-electron chi connectivity index (χ0n) is 21.1. The lowest BCUT2D eigenvalue weighted by Gasteiger charge is -2.28. The van der Waals surface area contributed by atoms with E-state index >= 15 is 0 Å². The average Bonchev–Trinajstić information content (AvgIpc) is 3.27. The molecule has 3 aromatic rings. The summed E-state index contributed by atoms with van der Waals surface area (Å²) in [6.07, 6.45) is 0.616. The number of nitrogens with one attached hydrogen (secondary N) is 1. The monoisotopic (exact) mass is 511 g/mol. The normalized spacial score (nSPS) is 10.8. The number of rotatable bonds is 12. The lowest BCUT2D eigenvalue weighted by molar-refractivity contribution is -0.133. The quantitative estimate of drug-likeness (QED) is 0.304. The average molecular weight is 512 g/mol. The number of thiophene rings is 1. The van der Waals surface area contributed by atoms with Crippen molar-refractivity contribution in [3.63, 3.8) is 0 Å². The van der Waals surface area contributed by atoms with Crippen LogP contribution in [0.1, 0.15) is 34.2 Å². The Labute approximate surface area is 216 Å². The molecule has 0 aliphatic carbocycles. The summed E-state index contributed by atoms with van der Waals surface area (Å²) in [6.45, 7) is 8.08. The predicted molar refractivity (Wildman–Crippen MR) is 143 cm³/mol. The van der Waals surface area contributed by atoms with Gasteiger partial charge < -0.3 is 19.9 Å². The highest BCUT2D eigenvalue weighted by Gasteiger charge is 2.22. The summed E-state index contributed by atoms with van der Waals surface area (Å²) in [5, 5.41) is 2.90. The summed E-state index contributed by atoms with van der Waals surface area (Å²) in [4.78, 5) is 32.1. The Kier molecular flexibility index (Phi) is 10.5. The lowest BCUT2D eigenvalue weighted by Crippen LogP contribution is -2.44. The van der Waals surface area contributed by atoms with Crippen LogP contribution in [-0.2, 0) is 22.6 Å². The predicted octanol–water partition coefficient (Wildman–Crippen LogP) is 5.99. The van der Waals surface area contributed by atoms with Crippen molar-refractivity contribution >= 4 is 29.0 Å². The molecule has 3 rings (SSSR count). The van der Waals surface area contributed by atoms with E-state index in [1.54, 1.807) is 28.4 Å². The Balaban J connectivity index is 1.75. The molecule has 0 fully saturated rings. The van der Waals surface area contributed by atoms with E-state index in [0.717, 1.165) is 20.9 Å². The van der Waals surface area contributed by atoms with Crippen molar-refractivity contribution in [3.8, 4) is 0 Å². The van der Waals surface area contributed by atoms with Gasteiger partial charge in [-0.1, -0.05) is 29.8 Å². The van der Waals surface area contributed by atoms with E-state index < -0.39 is 0 Å². The van der Waals surface area contributed by atoms with Crippen LogP contribution in [0.25, 0.3) is 0 Å². The first-order chi connectivity index (χ1) is 17.3. The van der Waals surface area contributed by atoms with Gasteiger partial charge in [0.05, 0.1) is 6.54 Å². The standard InChI is InChI=1S/C28H34FN3O3S/c1-4-35-17-5-16-31(28(34)30-25-13-6-21(2)7-14-25)20-27(33)32(19-26-15-8-22(3)36-26)18-23-9-11-24(29)12-10-23/h6-15H,4-5,16-20H2,1-3H3,(H,30,34). The maximum Gasteiger partial charge on any atom is 0.322 e. The maximum atomic E-state index is 13.5. The highest BCUT2D eigenvalue weighted by Crippen LogP contribution is 2.19. The van der Waals surface area contributed by atoms with E-state index in [0.29, 0.717) is 45.0 Å². The molecule has 0 saturated heterocycles. The van der Waals surface area contributed by atoms with Gasteiger partial charge in [-0.15, -0.1) is 11.3 Å². The number of benzene rings is 2. The topological polar surface area (TPSA) is 61.9 Å². The number of carbonyl (C=O) groups excluding carboxylic acids is 2. The first kappa shape index (κ1) is 27.4. The third-order valence-corrected chi connectivity index (χ3v) is 6.60. The summed E-state index contributed by atoms with van der Waals surface area (Å²) in [5.41, 5.74) is 2.59. The van der Waals surface area contributed by atoms with Crippen molar-refractivity contribution in [1.29, 1.82) is 0 Å². The summed E-state index contributed by atoms with van der Waals surface area (Å²) in [6, 6.07) is 17.4. The molecule has 8 heteroatoms. The van der Waals surface area contributed by atoms with E-state index in [9.17, 15) is 14.0 Å². The van der Waals surface area contributed by atoms with Crippen molar-refractivity contribution in [3.05, 3.63) is 87.4 Å². The number of anilines is 1. The van der Waals surface area contributed by atoms with Crippen LogP contribution >= 0.6 is 11.3 Å². The van der Waals surface area contributed by atoms with E-state index in [1.807, 2.05) is 57.2 Å². The number of amides is 3. The van der Waals surface area contributed by atoms with Crippen molar-refractivity contribution < 1.29 is 18.7 Å². The van der Waals surface area contributed by atoms with E-state index in [2.05, 4.69) is 5.32 Å². The summed E-state index contributed by atoms with van der Waals surface area (Å²) in [5.74, 6) is -0.500. The van der Waals surface area contributed by atoms with Crippen LogP contribution in [0.5, 0.6) is 0 Å². The number of urea groups is 1. The Bertz CT molecular complexity index is 1120. The molecular weight excluding hydrogens is 477 g/mol. The van der Waals surface area contributed by atoms with E-state index in [4.69, 9.17) is 4.74 Å². The first-order valence-corrected chi connectivity index (χ1v) is 12.9. The summed E-state index contributed by atoms with van der Waals surface area (Å²) in [7, 11) is 0. The number of hydrogen-bond acceptors (Lipinski definition) is 4. The van der Waals surface area contributed by atoms with Gasteiger partial charge in [0.2, 0.25) is 5.91 Å². The molecule has 6 nitrogen and oxygen atoms in total. The number of nitrogens with zero attached hydrogens (tertiary/aromatic N) is 2. The number of hydrogen-bond donors (Lipinski definition) is 1. The molecule has 1 aromatic heterocycles. The molecule has 3 amide bonds. The van der Waals surface area contributed by atoms with Gasteiger partial charge in [0.15, 0.2) is 0 Å². The van der Waals surface area contributed by atoms with E-state index in [1.165, 1.54) is 17.0 Å². The van der Waals surface area contributed by atoms with Crippen LogP contribution in [0.15, 0.2) is 60.7 Å². The Morgan fingerprint density at radius 1 is 0.944 bits per heavy atom. The molecule has 1 N–H and O–H groups in total. The Hall–Kier alpha value is -3.23. The third kappa shape index (κ3) is 8.77. The SMILES string of the molecule is CCOCCCN(CC(=O)N(Cc1ccc(F)cc1)Cc1ccc(C)s1)C(=O)Nc1ccc(C)cc1. The number of aryl methyl sites for hydroxylation is 2. The zero-order chi connectivity index (χ0) is 25.9. The minimum atomic E-state index is -0.336. The highest BCUT2D eigenvalue weighted by atomic mass is 32.1. The van der Waals surface area contributed by atoms with Crippen LogP contribution < -0.4 is 5.32 Å². The van der Waals surface area contributed by atoms with Crippen LogP contribution in [0.3, 0.4) is 0 Å². The number of carbonyl (C=O) groups is 2. The molecule has 36 heavy (non-hydrogen) atoms. The first-order valence-electron chi connectivity index (χ1n) is 12.1. The van der Waals surface area contributed by atoms with Crippen LogP contribution in [0, 0.1) is 19.7 Å². The second-order valence-electron chi connectivity index (χ2n) is 8.66. The largest absolute Gasteiger partial charge is 0.382 e. The summed E-state index contributed by atoms with van der Waals surface area (Å²) < 4.78 is 18.9. The molecule has 0 spiro atoms. The van der Waals surface area contributed by atoms with Crippen molar-refractivity contribution in [2.24, 2.45) is 0 Å². The number of ether oxygens (including phenoxy) is 1. The zero-order valence-corrected chi connectivity index (χ0v) is 21.9. The van der Waals surface area contributed by atoms with Gasteiger partial charge >= 0.3 is 6.03 Å². The second kappa shape index (κ2) is 13.8. The molecular formula is C28H34FN3O3S. The van der Waals surface area contributed by atoms with Crippen molar-refractivity contribution in [2.45, 2.75) is 40.3 Å². The third-order valence-electron chi connectivity index (χ3n) is 5.62. The van der Waals surface area contributed by atoms with Gasteiger partial charge in [-0.25, -0.2) is 9.18 Å². The van der Waals surface area contributed by atoms with Crippen molar-refractivity contribution in [1.82, 2.24) is 9.80 Å². The molecule has 0 saturated carbocycles. The fourth-order valence-electron chi connectivity index (χ4n) is 3.66. The fraction of sp³-hybridized carbons (Fsp3) is 0.357. The Morgan fingerprint density at radius 3 is 2.31 bits per heavy atom. The molecule has 1 heterocycles. The molecule has 0 aliphatic heterocycles. The van der Waals surface area contributed by atoms with Crippen LogP contribution in [0.2, 0.25) is 0 Å². The van der Waals surface area contributed by atoms with Gasteiger partial charge in [0, 0.05) is 41.7 Å². The summed E-state index contributed by atoms with van der Waals surface area (Å²) >= 11 is 1.63. The molecule has 0 radical (unpaired) electrons. The Morgan fingerprint density at radius 2 is 1.67 bits per heavy atom. The maximum absolute atomic E-state index is 13.5. The molecule has 0 atom stereocenters.